The van der Waals surface area contributed by atoms with Crippen LogP contribution in [0.2, 0.25) is 0 Å². The molecule has 1 rings (SSSR count). The van der Waals surface area contributed by atoms with Crippen molar-refractivity contribution in [2.45, 2.75) is 12.8 Å². The number of aromatic nitrogens is 1. The Kier molecular flexibility index (Phi) is 3.36. The zero-order valence-corrected chi connectivity index (χ0v) is 8.55. The van der Waals surface area contributed by atoms with Gasteiger partial charge >= 0.3 is 0 Å². The summed E-state index contributed by atoms with van der Waals surface area (Å²) < 4.78 is 25.2. The second kappa shape index (κ2) is 4.33. The molecule has 0 fully saturated rings. The molecule has 1 aromatic rings. The summed E-state index contributed by atoms with van der Waals surface area (Å²) in [4.78, 5) is 3.59. The third-order valence-corrected chi connectivity index (χ3v) is 2.03. The second-order valence-electron chi connectivity index (χ2n) is 2.53. The van der Waals surface area contributed by atoms with Crippen LogP contribution in [0.25, 0.3) is 0 Å². The quantitative estimate of drug-likeness (QED) is 0.832. The van der Waals surface area contributed by atoms with Crippen LogP contribution in [-0.2, 0) is 6.42 Å². The molecule has 0 bridgehead atoms. The van der Waals surface area contributed by atoms with Crippen molar-refractivity contribution in [3.63, 3.8) is 0 Å². The first-order valence-electron chi connectivity index (χ1n) is 3.66. The number of pyridine rings is 1. The number of hydrogen-bond donors (Lipinski definition) is 1. The highest BCUT2D eigenvalue weighted by Crippen LogP contribution is 2.27. The molecular weight excluding hydrogens is 256 g/mol. The number of nitrogens with zero attached hydrogens (tertiary/aromatic N) is 2. The molecule has 3 nitrogen and oxygen atoms in total. The van der Waals surface area contributed by atoms with Gasteiger partial charge in [-0.1, -0.05) is 0 Å². The van der Waals surface area contributed by atoms with E-state index in [-0.39, 0.29) is 22.3 Å². The van der Waals surface area contributed by atoms with Crippen LogP contribution in [0, 0.1) is 11.3 Å². The van der Waals surface area contributed by atoms with Crippen molar-refractivity contribution < 1.29 is 8.78 Å². The first kappa shape index (κ1) is 10.9. The molecule has 0 aromatic carbocycles. The smallest absolute Gasteiger partial charge is 0.280 e. The molecule has 0 radical (unpaired) electrons. The van der Waals surface area contributed by atoms with Crippen LogP contribution in [0.5, 0.6) is 0 Å². The minimum Gasteiger partial charge on any atom is -0.398 e. The molecule has 0 unspecified atom stereocenters. The molecule has 14 heavy (non-hydrogen) atoms. The summed E-state index contributed by atoms with van der Waals surface area (Å²) in [5.74, 6) is 0. The maximum absolute atomic E-state index is 12.5. The van der Waals surface area contributed by atoms with Gasteiger partial charge < -0.3 is 5.73 Å². The third kappa shape index (κ3) is 2.17. The van der Waals surface area contributed by atoms with E-state index in [1.54, 1.807) is 6.07 Å². The zero-order valence-electron chi connectivity index (χ0n) is 6.97. The van der Waals surface area contributed by atoms with Gasteiger partial charge in [0.2, 0.25) is 0 Å². The lowest BCUT2D eigenvalue weighted by Gasteiger charge is -2.08. The highest BCUT2D eigenvalue weighted by Gasteiger charge is 2.17. The number of rotatable bonds is 2. The Morgan fingerprint density at radius 3 is 2.79 bits per heavy atom. The summed E-state index contributed by atoms with van der Waals surface area (Å²) in [7, 11) is 0. The van der Waals surface area contributed by atoms with Crippen LogP contribution in [0.4, 0.5) is 14.5 Å². The summed E-state index contributed by atoms with van der Waals surface area (Å²) in [5.41, 5.74) is 5.32. The van der Waals surface area contributed by atoms with Gasteiger partial charge in [-0.3, -0.25) is 0 Å². The minimum atomic E-state index is -2.72. The lowest BCUT2D eigenvalue weighted by atomic mass is 10.1. The molecule has 0 aliphatic rings. The normalized spacial score (nSPS) is 10.2. The molecule has 0 saturated heterocycles. The lowest BCUT2D eigenvalue weighted by molar-refractivity contribution is 0.145. The number of nitrogen functional groups attached to an aromatic ring is 1. The molecule has 0 spiro atoms. The van der Waals surface area contributed by atoms with E-state index in [0.29, 0.717) is 0 Å². The van der Waals surface area contributed by atoms with Gasteiger partial charge in [-0.25, -0.2) is 13.8 Å². The van der Waals surface area contributed by atoms with E-state index in [2.05, 4.69) is 20.9 Å². The summed E-state index contributed by atoms with van der Waals surface area (Å²) in [6, 6.07) is 3.17. The minimum absolute atomic E-state index is 0.103. The molecule has 1 heterocycles. The van der Waals surface area contributed by atoms with Gasteiger partial charge in [0, 0.05) is 11.3 Å². The Balaban J connectivity index is 3.30. The van der Waals surface area contributed by atoms with Gasteiger partial charge in [-0.05, 0) is 22.0 Å². The largest absolute Gasteiger partial charge is 0.398 e. The Morgan fingerprint density at radius 1 is 1.64 bits per heavy atom. The van der Waals surface area contributed by atoms with Crippen LogP contribution in [0.3, 0.4) is 0 Å². The number of nitrogens with two attached hydrogens (primary N) is 1. The topological polar surface area (TPSA) is 62.7 Å². The van der Waals surface area contributed by atoms with Crippen molar-refractivity contribution in [2.24, 2.45) is 0 Å². The fourth-order valence-electron chi connectivity index (χ4n) is 1.03. The number of halogens is 3. The molecule has 0 aliphatic carbocycles. The van der Waals surface area contributed by atoms with E-state index in [0.717, 1.165) is 0 Å². The van der Waals surface area contributed by atoms with Gasteiger partial charge in [0.05, 0.1) is 12.5 Å². The van der Waals surface area contributed by atoms with Crippen molar-refractivity contribution in [1.82, 2.24) is 4.98 Å². The maximum Gasteiger partial charge on any atom is 0.280 e. The first-order chi connectivity index (χ1) is 6.56. The van der Waals surface area contributed by atoms with Gasteiger partial charge in [0.25, 0.3) is 6.43 Å². The van der Waals surface area contributed by atoms with Crippen molar-refractivity contribution >= 4 is 21.6 Å². The summed E-state index contributed by atoms with van der Waals surface area (Å²) in [6.45, 7) is 0. The summed E-state index contributed by atoms with van der Waals surface area (Å²) >= 11 is 2.96. The van der Waals surface area contributed by atoms with Crippen LogP contribution in [-0.4, -0.2) is 4.98 Å². The van der Waals surface area contributed by atoms with E-state index >= 15 is 0 Å². The average Bonchev–Trinajstić information content (AvgIpc) is 2.09. The number of hydrogen-bond acceptors (Lipinski definition) is 3. The average molecular weight is 262 g/mol. The van der Waals surface area contributed by atoms with Gasteiger partial charge in [0.1, 0.15) is 10.3 Å². The van der Waals surface area contributed by atoms with Crippen molar-refractivity contribution in [3.05, 3.63) is 21.9 Å². The molecule has 74 valence electrons. The summed E-state index contributed by atoms with van der Waals surface area (Å²) in [6.07, 6.45) is -2.88. The van der Waals surface area contributed by atoms with Crippen LogP contribution < -0.4 is 5.73 Å². The molecule has 6 heteroatoms. The van der Waals surface area contributed by atoms with Crippen LogP contribution >= 0.6 is 15.9 Å². The molecule has 1 aromatic heterocycles. The summed E-state index contributed by atoms with van der Waals surface area (Å²) in [5, 5.41) is 8.43. The Bertz CT molecular complexity index is 387. The van der Waals surface area contributed by atoms with Gasteiger partial charge in [-0.15, -0.1) is 0 Å². The Morgan fingerprint density at radius 2 is 2.29 bits per heavy atom. The lowest BCUT2D eigenvalue weighted by Crippen LogP contribution is -2.03. The van der Waals surface area contributed by atoms with E-state index in [1.165, 1.54) is 6.07 Å². The van der Waals surface area contributed by atoms with E-state index in [1.807, 2.05) is 0 Å². The third-order valence-electron chi connectivity index (χ3n) is 1.62. The molecule has 0 atom stereocenters. The predicted molar refractivity (Wildman–Crippen MR) is 50.6 cm³/mol. The second-order valence-corrected chi connectivity index (χ2v) is 3.35. The Labute approximate surface area is 87.7 Å². The van der Waals surface area contributed by atoms with Crippen molar-refractivity contribution in [2.75, 3.05) is 5.73 Å². The molecule has 0 saturated carbocycles. The van der Waals surface area contributed by atoms with E-state index < -0.39 is 12.1 Å². The molecule has 2 N–H and O–H groups in total. The Hall–Kier alpha value is -1.22. The molecular formula is C8H6BrF2N3. The van der Waals surface area contributed by atoms with Crippen molar-refractivity contribution in [3.8, 4) is 6.07 Å². The van der Waals surface area contributed by atoms with Crippen molar-refractivity contribution in [1.29, 1.82) is 5.26 Å². The monoisotopic (exact) mass is 261 g/mol. The fraction of sp³-hybridized carbons (Fsp3) is 0.250. The SMILES string of the molecule is N#CCc1c(N)cc(Br)nc1C(F)F. The predicted octanol–water partition coefficient (Wildman–Crippen LogP) is 2.43. The number of alkyl halides is 2. The van der Waals surface area contributed by atoms with E-state index in [4.69, 9.17) is 11.0 Å². The molecule has 0 amide bonds. The van der Waals surface area contributed by atoms with E-state index in [9.17, 15) is 8.78 Å². The number of anilines is 1. The standard InChI is InChI=1S/C8H6BrF2N3/c9-6-3-5(13)4(1-2-12)7(14-6)8(10)11/h3,8H,1H2,(H2,13,14). The van der Waals surface area contributed by atoms with Crippen LogP contribution in [0.1, 0.15) is 17.7 Å². The first-order valence-corrected chi connectivity index (χ1v) is 4.45. The van der Waals surface area contributed by atoms with Gasteiger partial charge in [0.15, 0.2) is 0 Å². The van der Waals surface area contributed by atoms with Gasteiger partial charge in [-0.2, -0.15) is 5.26 Å². The zero-order chi connectivity index (χ0) is 10.7. The fourth-order valence-corrected chi connectivity index (χ4v) is 1.47. The highest BCUT2D eigenvalue weighted by molar-refractivity contribution is 9.10. The highest BCUT2D eigenvalue weighted by atomic mass is 79.9. The van der Waals surface area contributed by atoms with Crippen LogP contribution in [0.15, 0.2) is 10.7 Å². The maximum atomic E-state index is 12.5. The number of nitriles is 1. The molecule has 0 aliphatic heterocycles.